The van der Waals surface area contributed by atoms with Crippen LogP contribution in [-0.2, 0) is 0 Å². The van der Waals surface area contributed by atoms with E-state index in [0.29, 0.717) is 11.2 Å². The van der Waals surface area contributed by atoms with E-state index in [9.17, 15) is 10.1 Å². The summed E-state index contributed by atoms with van der Waals surface area (Å²) in [6, 6.07) is 7.50. The lowest BCUT2D eigenvalue weighted by Gasteiger charge is -2.29. The van der Waals surface area contributed by atoms with Crippen LogP contribution in [0.1, 0.15) is 24.8 Å². The molecule has 27 heavy (non-hydrogen) atoms. The van der Waals surface area contributed by atoms with E-state index >= 15 is 0 Å². The van der Waals surface area contributed by atoms with Crippen LogP contribution in [0.2, 0.25) is 0 Å². The maximum Gasteiger partial charge on any atom is 0.324 e. The Kier molecular flexibility index (Phi) is 4.69. The Balaban J connectivity index is 1.85. The summed E-state index contributed by atoms with van der Waals surface area (Å²) in [5.41, 5.74) is 3.47. The average molecular weight is 432 g/mol. The third kappa shape index (κ3) is 3.34. The van der Waals surface area contributed by atoms with Gasteiger partial charge in [0.15, 0.2) is 5.52 Å². The lowest BCUT2D eigenvalue weighted by atomic mass is 10.1. The van der Waals surface area contributed by atoms with Crippen LogP contribution in [0.5, 0.6) is 0 Å². The third-order valence-corrected chi connectivity index (χ3v) is 5.68. The molecule has 4 rings (SSSR count). The summed E-state index contributed by atoms with van der Waals surface area (Å²) >= 11 is 3.50. The maximum atomic E-state index is 11.8. The van der Waals surface area contributed by atoms with E-state index in [1.807, 2.05) is 25.1 Å². The van der Waals surface area contributed by atoms with Crippen molar-refractivity contribution in [3.8, 4) is 0 Å². The first kappa shape index (κ1) is 17.7. The quantitative estimate of drug-likeness (QED) is 0.461. The minimum atomic E-state index is -0.446. The molecule has 2 heterocycles. The van der Waals surface area contributed by atoms with Crippen LogP contribution in [0.25, 0.3) is 11.0 Å². The number of halogens is 1. The molecule has 1 aliphatic heterocycles. The molecule has 140 valence electrons. The Morgan fingerprint density at radius 1 is 1.19 bits per heavy atom. The number of piperidine rings is 1. The number of nitrogens with one attached hydrogen (secondary N) is 1. The summed E-state index contributed by atoms with van der Waals surface area (Å²) in [5, 5.41) is 22.7. The number of hydrogen-bond acceptors (Lipinski definition) is 7. The van der Waals surface area contributed by atoms with Gasteiger partial charge in [-0.1, -0.05) is 22.0 Å². The normalized spacial score (nSPS) is 14.5. The second-order valence-corrected chi connectivity index (χ2v) is 7.50. The van der Waals surface area contributed by atoms with Gasteiger partial charge in [-0.25, -0.2) is 4.63 Å². The van der Waals surface area contributed by atoms with Crippen molar-refractivity contribution in [3.63, 3.8) is 0 Å². The fourth-order valence-corrected chi connectivity index (χ4v) is 3.77. The number of nitro benzene ring substituents is 1. The molecule has 3 aromatic rings. The molecule has 8 nitrogen and oxygen atoms in total. The maximum absolute atomic E-state index is 11.8. The fraction of sp³-hybridized carbons (Fsp3) is 0.333. The van der Waals surface area contributed by atoms with Gasteiger partial charge < -0.3 is 10.2 Å². The van der Waals surface area contributed by atoms with Gasteiger partial charge in [-0.05, 0) is 60.3 Å². The summed E-state index contributed by atoms with van der Waals surface area (Å²) in [4.78, 5) is 13.5. The zero-order chi connectivity index (χ0) is 19.0. The Bertz CT molecular complexity index is 1010. The van der Waals surface area contributed by atoms with Crippen molar-refractivity contribution in [1.82, 2.24) is 10.3 Å². The summed E-state index contributed by atoms with van der Waals surface area (Å²) in [5.74, 6) is 0. The van der Waals surface area contributed by atoms with Crippen molar-refractivity contribution < 1.29 is 9.55 Å². The van der Waals surface area contributed by atoms with E-state index in [1.165, 1.54) is 6.42 Å². The second-order valence-electron chi connectivity index (χ2n) is 6.65. The van der Waals surface area contributed by atoms with Gasteiger partial charge in [-0.15, -0.1) is 0 Å². The minimum Gasteiger partial charge on any atom is -0.370 e. The van der Waals surface area contributed by atoms with E-state index in [4.69, 9.17) is 4.63 Å². The van der Waals surface area contributed by atoms with Crippen LogP contribution < -0.4 is 10.2 Å². The van der Waals surface area contributed by atoms with Crippen LogP contribution in [0.15, 0.2) is 33.4 Å². The van der Waals surface area contributed by atoms with Crippen LogP contribution in [-0.4, -0.2) is 28.3 Å². The first-order valence-electron chi connectivity index (χ1n) is 8.76. The SMILES string of the molecule is Cc1ccc(Nc2cc(N3CCCCC3)c3nonc3c2[N+](=O)[O-])cc1Br. The number of hydrogen-bond donors (Lipinski definition) is 1. The first-order valence-corrected chi connectivity index (χ1v) is 9.55. The predicted molar refractivity (Wildman–Crippen MR) is 107 cm³/mol. The van der Waals surface area contributed by atoms with Crippen molar-refractivity contribution >= 4 is 49.7 Å². The van der Waals surface area contributed by atoms with Crippen LogP contribution in [0.4, 0.5) is 22.7 Å². The third-order valence-electron chi connectivity index (χ3n) is 4.82. The Hall–Kier alpha value is -2.68. The van der Waals surface area contributed by atoms with E-state index in [-0.39, 0.29) is 11.2 Å². The molecule has 0 aliphatic carbocycles. The highest BCUT2D eigenvalue weighted by atomic mass is 79.9. The van der Waals surface area contributed by atoms with Gasteiger partial charge in [0, 0.05) is 23.2 Å². The highest BCUT2D eigenvalue weighted by Crippen LogP contribution is 2.40. The van der Waals surface area contributed by atoms with Crippen molar-refractivity contribution in [1.29, 1.82) is 0 Å². The Labute approximate surface area is 163 Å². The molecule has 1 fully saturated rings. The molecule has 0 spiro atoms. The Morgan fingerprint density at radius 3 is 2.63 bits per heavy atom. The summed E-state index contributed by atoms with van der Waals surface area (Å²) < 4.78 is 5.79. The molecular formula is C18H18BrN5O3. The second kappa shape index (κ2) is 7.15. The Morgan fingerprint density at radius 2 is 1.93 bits per heavy atom. The minimum absolute atomic E-state index is 0.135. The predicted octanol–water partition coefficient (Wildman–Crippen LogP) is 4.94. The van der Waals surface area contributed by atoms with E-state index in [2.05, 4.69) is 36.5 Å². The highest BCUT2D eigenvalue weighted by Gasteiger charge is 2.28. The standard InChI is InChI=1S/C18H18BrN5O3/c1-11-5-6-12(9-13(11)19)20-14-10-15(23-7-3-2-4-8-23)16-17(22-27-21-16)18(14)24(25)26/h5-6,9-10,20H,2-4,7-8H2,1H3. The number of benzene rings is 2. The number of rotatable bonds is 4. The molecule has 1 aromatic heterocycles. The molecule has 1 aliphatic rings. The summed E-state index contributed by atoms with van der Waals surface area (Å²) in [7, 11) is 0. The summed E-state index contributed by atoms with van der Waals surface area (Å²) in [6.45, 7) is 3.75. The molecule has 0 atom stereocenters. The first-order chi connectivity index (χ1) is 13.0. The van der Waals surface area contributed by atoms with Gasteiger partial charge in [0.25, 0.3) is 0 Å². The van der Waals surface area contributed by atoms with Gasteiger partial charge in [-0.3, -0.25) is 10.1 Å². The monoisotopic (exact) mass is 431 g/mol. The van der Waals surface area contributed by atoms with E-state index in [1.54, 1.807) is 6.07 Å². The van der Waals surface area contributed by atoms with E-state index in [0.717, 1.165) is 47.3 Å². The smallest absolute Gasteiger partial charge is 0.324 e. The zero-order valence-corrected chi connectivity index (χ0v) is 16.3. The molecule has 0 radical (unpaired) electrons. The van der Waals surface area contributed by atoms with Crippen molar-refractivity contribution in [2.75, 3.05) is 23.3 Å². The van der Waals surface area contributed by atoms with Crippen molar-refractivity contribution in [3.05, 3.63) is 44.4 Å². The fourth-order valence-electron chi connectivity index (χ4n) is 3.40. The van der Waals surface area contributed by atoms with Crippen LogP contribution in [0, 0.1) is 17.0 Å². The molecule has 1 saturated heterocycles. The molecule has 9 heteroatoms. The molecule has 0 bridgehead atoms. The molecule has 1 N–H and O–H groups in total. The van der Waals surface area contributed by atoms with Gasteiger partial charge >= 0.3 is 5.69 Å². The van der Waals surface area contributed by atoms with Gasteiger partial charge in [0.1, 0.15) is 5.69 Å². The molecule has 0 unspecified atom stereocenters. The lowest BCUT2D eigenvalue weighted by molar-refractivity contribution is -0.382. The average Bonchev–Trinajstić information content (AvgIpc) is 3.13. The largest absolute Gasteiger partial charge is 0.370 e. The molecule has 0 saturated carbocycles. The zero-order valence-electron chi connectivity index (χ0n) is 14.7. The molecule has 2 aromatic carbocycles. The number of aromatic nitrogens is 2. The number of nitrogens with zero attached hydrogens (tertiary/aromatic N) is 4. The number of fused-ring (bicyclic) bond motifs is 1. The topological polar surface area (TPSA) is 97.3 Å². The van der Waals surface area contributed by atoms with E-state index < -0.39 is 4.92 Å². The van der Waals surface area contributed by atoms with Gasteiger partial charge in [0.05, 0.1) is 10.6 Å². The summed E-state index contributed by atoms with van der Waals surface area (Å²) in [6.07, 6.45) is 3.35. The number of aryl methyl sites for hydroxylation is 1. The highest BCUT2D eigenvalue weighted by molar-refractivity contribution is 9.10. The molecular weight excluding hydrogens is 414 g/mol. The molecule has 0 amide bonds. The van der Waals surface area contributed by atoms with Crippen molar-refractivity contribution in [2.45, 2.75) is 26.2 Å². The van der Waals surface area contributed by atoms with Gasteiger partial charge in [-0.2, -0.15) is 0 Å². The van der Waals surface area contributed by atoms with Crippen molar-refractivity contribution in [2.24, 2.45) is 0 Å². The van der Waals surface area contributed by atoms with Crippen LogP contribution >= 0.6 is 15.9 Å². The number of anilines is 3. The number of nitro groups is 1. The van der Waals surface area contributed by atoms with Crippen LogP contribution in [0.3, 0.4) is 0 Å². The van der Waals surface area contributed by atoms with Gasteiger partial charge in [0.2, 0.25) is 5.52 Å². The lowest BCUT2D eigenvalue weighted by Crippen LogP contribution is -2.29.